The quantitative estimate of drug-likeness (QED) is 0.797. The topological polar surface area (TPSA) is 6.48 Å². The molecular formula is C13H17ClN2. The van der Waals surface area contributed by atoms with Crippen molar-refractivity contribution in [3.05, 3.63) is 54.4 Å². The summed E-state index contributed by atoms with van der Waals surface area (Å²) in [5.74, 6) is 0. The second-order valence-electron chi connectivity index (χ2n) is 3.78. The molecule has 0 bridgehead atoms. The van der Waals surface area contributed by atoms with E-state index >= 15 is 0 Å². The normalized spacial score (nSPS) is 14.6. The molecule has 0 saturated carbocycles. The first-order chi connectivity index (χ1) is 7.34. The molecule has 1 aliphatic heterocycles. The highest BCUT2D eigenvalue weighted by molar-refractivity contribution is 5.85. The van der Waals surface area contributed by atoms with Crippen molar-refractivity contribution in [2.24, 2.45) is 0 Å². The molecule has 1 heterocycles. The van der Waals surface area contributed by atoms with E-state index in [1.54, 1.807) is 0 Å². The van der Waals surface area contributed by atoms with Crippen LogP contribution in [-0.2, 0) is 0 Å². The van der Waals surface area contributed by atoms with E-state index in [0.29, 0.717) is 0 Å². The van der Waals surface area contributed by atoms with Gasteiger partial charge in [-0.25, -0.2) is 0 Å². The van der Waals surface area contributed by atoms with Gasteiger partial charge in [0.25, 0.3) is 0 Å². The molecule has 16 heavy (non-hydrogen) atoms. The zero-order chi connectivity index (χ0) is 10.5. The highest BCUT2D eigenvalue weighted by atomic mass is 35.5. The summed E-state index contributed by atoms with van der Waals surface area (Å²) in [6, 6.07) is 10.4. The minimum atomic E-state index is 0. The number of benzene rings is 1. The van der Waals surface area contributed by atoms with Crippen LogP contribution in [0.15, 0.2) is 48.8 Å². The monoisotopic (exact) mass is 236 g/mol. The van der Waals surface area contributed by atoms with Crippen LogP contribution < -0.4 is 0 Å². The fourth-order valence-electron chi connectivity index (χ4n) is 1.60. The Morgan fingerprint density at radius 1 is 1.19 bits per heavy atom. The summed E-state index contributed by atoms with van der Waals surface area (Å²) in [6.07, 6.45) is 8.57. The van der Waals surface area contributed by atoms with Crippen LogP contribution in [0.3, 0.4) is 0 Å². The van der Waals surface area contributed by atoms with Gasteiger partial charge < -0.3 is 9.80 Å². The van der Waals surface area contributed by atoms with E-state index in [0.717, 1.165) is 13.2 Å². The maximum atomic E-state index is 2.26. The summed E-state index contributed by atoms with van der Waals surface area (Å²) in [6.45, 7) is 1.95. The molecule has 0 aliphatic carbocycles. The Hall–Kier alpha value is -1.41. The standard InChI is InChI=1S/C13H16N2.ClH/c1-14-10-11-15(12-14)9-5-8-13-6-3-2-4-7-13;/h2-8,10-11H,9,12H2,1H3;1H/b8-5+;. The fraction of sp³-hybridized carbons (Fsp3) is 0.231. The minimum absolute atomic E-state index is 0. The van der Waals surface area contributed by atoms with E-state index < -0.39 is 0 Å². The Morgan fingerprint density at radius 3 is 2.56 bits per heavy atom. The van der Waals surface area contributed by atoms with Crippen LogP contribution in [0, 0.1) is 0 Å². The van der Waals surface area contributed by atoms with Gasteiger partial charge in [0, 0.05) is 26.0 Å². The van der Waals surface area contributed by atoms with Crippen molar-refractivity contribution in [1.82, 2.24) is 9.80 Å². The van der Waals surface area contributed by atoms with Gasteiger partial charge in [0.15, 0.2) is 0 Å². The first kappa shape index (κ1) is 12.7. The third-order valence-corrected chi connectivity index (χ3v) is 2.39. The lowest BCUT2D eigenvalue weighted by molar-refractivity contribution is 0.318. The fourth-order valence-corrected chi connectivity index (χ4v) is 1.60. The van der Waals surface area contributed by atoms with Gasteiger partial charge in [-0.2, -0.15) is 0 Å². The lowest BCUT2D eigenvalue weighted by atomic mass is 10.2. The van der Waals surface area contributed by atoms with Crippen LogP contribution in [-0.4, -0.2) is 30.1 Å². The summed E-state index contributed by atoms with van der Waals surface area (Å²) in [7, 11) is 2.08. The van der Waals surface area contributed by atoms with Crippen molar-refractivity contribution < 1.29 is 0 Å². The minimum Gasteiger partial charge on any atom is -0.362 e. The van der Waals surface area contributed by atoms with E-state index in [-0.39, 0.29) is 12.4 Å². The molecule has 2 nitrogen and oxygen atoms in total. The van der Waals surface area contributed by atoms with Crippen LogP contribution in [0.1, 0.15) is 5.56 Å². The molecular weight excluding hydrogens is 220 g/mol. The van der Waals surface area contributed by atoms with E-state index in [4.69, 9.17) is 0 Å². The summed E-state index contributed by atoms with van der Waals surface area (Å²) < 4.78 is 0. The van der Waals surface area contributed by atoms with Crippen molar-refractivity contribution in [3.8, 4) is 0 Å². The summed E-state index contributed by atoms with van der Waals surface area (Å²) in [5.41, 5.74) is 1.26. The Balaban J connectivity index is 0.00000128. The van der Waals surface area contributed by atoms with Crippen LogP contribution in [0.5, 0.6) is 0 Å². The number of hydrogen-bond acceptors (Lipinski definition) is 2. The predicted octanol–water partition coefficient (Wildman–Crippen LogP) is 2.80. The van der Waals surface area contributed by atoms with Crippen LogP contribution >= 0.6 is 12.4 Å². The summed E-state index contributed by atoms with van der Waals surface area (Å²) >= 11 is 0. The third-order valence-electron chi connectivity index (χ3n) is 2.39. The van der Waals surface area contributed by atoms with Gasteiger partial charge in [-0.1, -0.05) is 42.5 Å². The molecule has 0 saturated heterocycles. The molecule has 0 spiro atoms. The first-order valence-corrected chi connectivity index (χ1v) is 5.19. The van der Waals surface area contributed by atoms with E-state index in [2.05, 4.69) is 65.7 Å². The molecule has 86 valence electrons. The Morgan fingerprint density at radius 2 is 1.94 bits per heavy atom. The second kappa shape index (κ2) is 6.23. The summed E-state index contributed by atoms with van der Waals surface area (Å²) in [5, 5.41) is 0. The number of rotatable bonds is 3. The van der Waals surface area contributed by atoms with Gasteiger partial charge in [0.1, 0.15) is 0 Å². The Kier molecular flexibility index (Phi) is 4.93. The first-order valence-electron chi connectivity index (χ1n) is 5.19. The maximum absolute atomic E-state index is 2.26. The van der Waals surface area contributed by atoms with Gasteiger partial charge in [-0.05, 0) is 5.56 Å². The van der Waals surface area contributed by atoms with Crippen molar-refractivity contribution in [2.45, 2.75) is 0 Å². The molecule has 3 heteroatoms. The molecule has 0 radical (unpaired) electrons. The van der Waals surface area contributed by atoms with Gasteiger partial charge in [-0.15, -0.1) is 12.4 Å². The zero-order valence-electron chi connectivity index (χ0n) is 9.41. The lowest BCUT2D eigenvalue weighted by Gasteiger charge is -2.15. The zero-order valence-corrected chi connectivity index (χ0v) is 10.2. The van der Waals surface area contributed by atoms with Crippen molar-refractivity contribution in [1.29, 1.82) is 0 Å². The largest absolute Gasteiger partial charge is 0.362 e. The highest BCUT2D eigenvalue weighted by Gasteiger charge is 2.04. The van der Waals surface area contributed by atoms with Crippen molar-refractivity contribution in [3.63, 3.8) is 0 Å². The smallest absolute Gasteiger partial charge is 0.0894 e. The molecule has 0 atom stereocenters. The maximum Gasteiger partial charge on any atom is 0.0894 e. The lowest BCUT2D eigenvalue weighted by Crippen LogP contribution is -2.22. The van der Waals surface area contributed by atoms with Crippen LogP contribution in [0.2, 0.25) is 0 Å². The van der Waals surface area contributed by atoms with Crippen molar-refractivity contribution >= 4 is 18.5 Å². The molecule has 0 N–H and O–H groups in total. The van der Waals surface area contributed by atoms with Gasteiger partial charge in [0.05, 0.1) is 6.67 Å². The average Bonchev–Trinajstić information content (AvgIpc) is 2.66. The van der Waals surface area contributed by atoms with Crippen LogP contribution in [0.4, 0.5) is 0 Å². The number of halogens is 1. The summed E-state index contributed by atoms with van der Waals surface area (Å²) in [4.78, 5) is 4.43. The molecule has 1 aromatic rings. The molecule has 2 rings (SSSR count). The molecule has 0 unspecified atom stereocenters. The van der Waals surface area contributed by atoms with Crippen molar-refractivity contribution in [2.75, 3.05) is 20.3 Å². The average molecular weight is 237 g/mol. The Bertz CT molecular complexity index is 359. The number of nitrogens with zero attached hydrogens (tertiary/aromatic N) is 2. The van der Waals surface area contributed by atoms with Crippen LogP contribution in [0.25, 0.3) is 6.08 Å². The van der Waals surface area contributed by atoms with E-state index in [9.17, 15) is 0 Å². The second-order valence-corrected chi connectivity index (χ2v) is 3.78. The molecule has 0 aromatic heterocycles. The van der Waals surface area contributed by atoms with E-state index in [1.807, 2.05) is 6.07 Å². The molecule has 1 aromatic carbocycles. The number of hydrogen-bond donors (Lipinski definition) is 0. The van der Waals surface area contributed by atoms with Gasteiger partial charge >= 0.3 is 0 Å². The van der Waals surface area contributed by atoms with Gasteiger partial charge in [-0.3, -0.25) is 0 Å². The molecule has 0 amide bonds. The van der Waals surface area contributed by atoms with E-state index in [1.165, 1.54) is 5.56 Å². The highest BCUT2D eigenvalue weighted by Crippen LogP contribution is 2.05. The van der Waals surface area contributed by atoms with Gasteiger partial charge in [0.2, 0.25) is 0 Å². The molecule has 0 fully saturated rings. The predicted molar refractivity (Wildman–Crippen MR) is 71.2 cm³/mol. The SMILES string of the molecule is CN1C=CN(C/C=C/c2ccccc2)C1.Cl. The Labute approximate surface area is 103 Å². The third kappa shape index (κ3) is 3.63. The molecule has 1 aliphatic rings.